The van der Waals surface area contributed by atoms with Crippen LogP contribution in [0.1, 0.15) is 11.5 Å². The van der Waals surface area contributed by atoms with Gasteiger partial charge in [0, 0.05) is 35.7 Å². The molecule has 0 aliphatic carbocycles. The molecule has 5 nitrogen and oxygen atoms in total. The highest BCUT2D eigenvalue weighted by Crippen LogP contribution is 2.44. The van der Waals surface area contributed by atoms with Crippen molar-refractivity contribution in [1.29, 1.82) is 0 Å². The standard InChI is InChI=1S/C19H15ClN2O3/c20-9-12-10-21-16-8-17(22(24)25)15-7-11(5-6-14(15)19(12)16)13-3-1-2-4-18(13)23/h1-8,12,21,23H,9-10H2. The Morgan fingerprint density at radius 3 is 2.72 bits per heavy atom. The second kappa shape index (κ2) is 5.93. The number of para-hydroxylation sites is 1. The summed E-state index contributed by atoms with van der Waals surface area (Å²) in [5.74, 6) is 0.718. The largest absolute Gasteiger partial charge is 0.507 e. The normalized spacial score (nSPS) is 15.8. The predicted octanol–water partition coefficient (Wildman–Crippen LogP) is 4.87. The molecule has 1 unspecified atom stereocenters. The number of aromatic hydroxyl groups is 1. The number of benzene rings is 3. The maximum Gasteiger partial charge on any atom is 0.279 e. The van der Waals surface area contributed by atoms with Crippen LogP contribution in [0, 0.1) is 10.1 Å². The third kappa shape index (κ3) is 2.48. The number of rotatable bonds is 3. The Morgan fingerprint density at radius 2 is 2.00 bits per heavy atom. The van der Waals surface area contributed by atoms with Gasteiger partial charge in [-0.05, 0) is 28.6 Å². The second-order valence-corrected chi connectivity index (χ2v) is 6.43. The molecule has 3 aromatic rings. The van der Waals surface area contributed by atoms with Crippen molar-refractivity contribution in [3.05, 3.63) is 64.2 Å². The van der Waals surface area contributed by atoms with Crippen LogP contribution in [0.4, 0.5) is 11.4 Å². The molecule has 1 aliphatic heterocycles. The van der Waals surface area contributed by atoms with Crippen LogP contribution in [0.25, 0.3) is 21.9 Å². The summed E-state index contributed by atoms with van der Waals surface area (Å²) < 4.78 is 0. The van der Waals surface area contributed by atoms with Crippen LogP contribution in [-0.2, 0) is 0 Å². The summed E-state index contributed by atoms with van der Waals surface area (Å²) in [5.41, 5.74) is 3.24. The quantitative estimate of drug-likeness (QED) is 0.400. The van der Waals surface area contributed by atoms with Crippen molar-refractivity contribution in [2.24, 2.45) is 0 Å². The number of alkyl halides is 1. The van der Waals surface area contributed by atoms with Crippen LogP contribution in [0.5, 0.6) is 5.75 Å². The van der Waals surface area contributed by atoms with E-state index >= 15 is 0 Å². The Kier molecular flexibility index (Phi) is 3.73. The Hall–Kier alpha value is -2.79. The highest BCUT2D eigenvalue weighted by atomic mass is 35.5. The van der Waals surface area contributed by atoms with Crippen molar-refractivity contribution in [2.75, 3.05) is 17.7 Å². The third-order valence-electron chi connectivity index (χ3n) is 4.70. The molecular formula is C19H15ClN2O3. The summed E-state index contributed by atoms with van der Waals surface area (Å²) >= 11 is 6.08. The first-order valence-electron chi connectivity index (χ1n) is 7.93. The smallest absolute Gasteiger partial charge is 0.279 e. The van der Waals surface area contributed by atoms with Crippen molar-refractivity contribution in [2.45, 2.75) is 5.92 Å². The van der Waals surface area contributed by atoms with Crippen LogP contribution >= 0.6 is 11.6 Å². The summed E-state index contributed by atoms with van der Waals surface area (Å²) in [4.78, 5) is 11.2. The van der Waals surface area contributed by atoms with E-state index in [9.17, 15) is 15.2 Å². The number of halogens is 1. The minimum atomic E-state index is -0.368. The van der Waals surface area contributed by atoms with E-state index in [1.54, 1.807) is 30.3 Å². The van der Waals surface area contributed by atoms with Gasteiger partial charge in [0.1, 0.15) is 5.75 Å². The molecule has 1 atom stereocenters. The van der Waals surface area contributed by atoms with E-state index in [1.165, 1.54) is 0 Å². The van der Waals surface area contributed by atoms with E-state index < -0.39 is 0 Å². The lowest BCUT2D eigenvalue weighted by atomic mass is 9.92. The molecule has 3 aromatic carbocycles. The molecule has 1 heterocycles. The zero-order chi connectivity index (χ0) is 17.6. The topological polar surface area (TPSA) is 75.4 Å². The predicted molar refractivity (Wildman–Crippen MR) is 99.7 cm³/mol. The maximum atomic E-state index is 11.6. The Balaban J connectivity index is 2.02. The van der Waals surface area contributed by atoms with Crippen LogP contribution in [0.3, 0.4) is 0 Å². The summed E-state index contributed by atoms with van der Waals surface area (Å²) in [6.07, 6.45) is 0. The SMILES string of the molecule is O=[N+]([O-])c1cc2c(c3ccc(-c4ccccc4O)cc13)C(CCl)CN2. The van der Waals surface area contributed by atoms with Gasteiger partial charge in [0.25, 0.3) is 5.69 Å². The fourth-order valence-corrected chi connectivity index (χ4v) is 3.78. The number of fused-ring (bicyclic) bond motifs is 3. The van der Waals surface area contributed by atoms with Crippen molar-refractivity contribution in [3.8, 4) is 16.9 Å². The minimum absolute atomic E-state index is 0.0498. The van der Waals surface area contributed by atoms with Crippen molar-refractivity contribution in [3.63, 3.8) is 0 Å². The van der Waals surface area contributed by atoms with E-state index in [-0.39, 0.29) is 22.3 Å². The van der Waals surface area contributed by atoms with E-state index in [0.717, 1.165) is 22.2 Å². The number of nitro groups is 1. The van der Waals surface area contributed by atoms with Gasteiger partial charge in [-0.1, -0.05) is 30.3 Å². The van der Waals surface area contributed by atoms with Gasteiger partial charge in [-0.25, -0.2) is 0 Å². The zero-order valence-electron chi connectivity index (χ0n) is 13.2. The van der Waals surface area contributed by atoms with E-state index in [1.807, 2.05) is 18.2 Å². The molecule has 0 saturated heterocycles. The Labute approximate surface area is 149 Å². The highest BCUT2D eigenvalue weighted by Gasteiger charge is 2.28. The van der Waals surface area contributed by atoms with Gasteiger partial charge >= 0.3 is 0 Å². The molecule has 25 heavy (non-hydrogen) atoms. The summed E-state index contributed by atoms with van der Waals surface area (Å²) in [5, 5.41) is 26.3. The molecular weight excluding hydrogens is 340 g/mol. The number of phenolic OH excluding ortho intramolecular Hbond substituents is 1. The molecule has 0 radical (unpaired) electrons. The van der Waals surface area contributed by atoms with Crippen LogP contribution < -0.4 is 5.32 Å². The zero-order valence-corrected chi connectivity index (χ0v) is 14.0. The fraction of sp³-hybridized carbons (Fsp3) is 0.158. The van der Waals surface area contributed by atoms with Gasteiger partial charge in [-0.15, -0.1) is 11.6 Å². The summed E-state index contributed by atoms with van der Waals surface area (Å²) in [6, 6.07) is 14.1. The van der Waals surface area contributed by atoms with Crippen molar-refractivity contribution < 1.29 is 10.0 Å². The first-order chi connectivity index (χ1) is 12.1. The number of nitrogens with one attached hydrogen (secondary N) is 1. The number of phenols is 1. The molecule has 0 amide bonds. The molecule has 0 spiro atoms. The van der Waals surface area contributed by atoms with E-state index in [4.69, 9.17) is 11.6 Å². The molecule has 2 N–H and O–H groups in total. The third-order valence-corrected chi connectivity index (χ3v) is 5.07. The highest BCUT2D eigenvalue weighted by molar-refractivity contribution is 6.19. The monoisotopic (exact) mass is 354 g/mol. The van der Waals surface area contributed by atoms with Gasteiger partial charge in [0.15, 0.2) is 0 Å². The Morgan fingerprint density at radius 1 is 1.20 bits per heavy atom. The maximum absolute atomic E-state index is 11.6. The lowest BCUT2D eigenvalue weighted by molar-refractivity contribution is -0.383. The van der Waals surface area contributed by atoms with Gasteiger partial charge in [0.05, 0.1) is 10.3 Å². The minimum Gasteiger partial charge on any atom is -0.507 e. The number of non-ortho nitro benzene ring substituents is 1. The number of hydrogen-bond acceptors (Lipinski definition) is 4. The van der Waals surface area contributed by atoms with Crippen LogP contribution in [-0.4, -0.2) is 22.5 Å². The fourth-order valence-electron chi connectivity index (χ4n) is 3.52. The van der Waals surface area contributed by atoms with E-state index in [2.05, 4.69) is 5.32 Å². The molecule has 4 rings (SSSR count). The van der Waals surface area contributed by atoms with Gasteiger partial charge in [-0.3, -0.25) is 10.1 Å². The van der Waals surface area contributed by atoms with Gasteiger partial charge in [-0.2, -0.15) is 0 Å². The van der Waals surface area contributed by atoms with Gasteiger partial charge < -0.3 is 10.4 Å². The summed E-state index contributed by atoms with van der Waals surface area (Å²) in [6.45, 7) is 0.677. The molecule has 0 saturated carbocycles. The number of nitro benzene ring substituents is 1. The van der Waals surface area contributed by atoms with Crippen LogP contribution in [0.2, 0.25) is 0 Å². The number of anilines is 1. The number of nitrogens with zero attached hydrogens (tertiary/aromatic N) is 1. The molecule has 0 aromatic heterocycles. The average molecular weight is 355 g/mol. The average Bonchev–Trinajstić information content (AvgIpc) is 3.04. The molecule has 6 heteroatoms. The Bertz CT molecular complexity index is 1000. The van der Waals surface area contributed by atoms with Crippen molar-refractivity contribution >= 4 is 33.7 Å². The molecule has 0 fully saturated rings. The number of hydrogen-bond donors (Lipinski definition) is 2. The molecule has 126 valence electrons. The lowest BCUT2D eigenvalue weighted by Gasteiger charge is -2.12. The van der Waals surface area contributed by atoms with Crippen LogP contribution in [0.15, 0.2) is 48.5 Å². The van der Waals surface area contributed by atoms with Crippen molar-refractivity contribution in [1.82, 2.24) is 0 Å². The second-order valence-electron chi connectivity index (χ2n) is 6.12. The molecule has 1 aliphatic rings. The first kappa shape index (κ1) is 15.7. The molecule has 0 bridgehead atoms. The first-order valence-corrected chi connectivity index (χ1v) is 8.47. The van der Waals surface area contributed by atoms with E-state index in [0.29, 0.717) is 23.4 Å². The lowest BCUT2D eigenvalue weighted by Crippen LogP contribution is -2.03. The van der Waals surface area contributed by atoms with Gasteiger partial charge in [0.2, 0.25) is 0 Å². The summed E-state index contributed by atoms with van der Waals surface area (Å²) in [7, 11) is 0.